The molecule has 0 saturated carbocycles. The fraction of sp³-hybridized carbons (Fsp3) is 0.280. The van der Waals surface area contributed by atoms with Gasteiger partial charge in [-0.1, -0.05) is 37.3 Å². The number of benzene rings is 1. The van der Waals surface area contributed by atoms with Crippen LogP contribution in [0.2, 0.25) is 0 Å². The molecule has 3 N–H and O–H groups in total. The summed E-state index contributed by atoms with van der Waals surface area (Å²) >= 11 is 0. The molecule has 0 spiro atoms. The number of fused-ring (bicyclic) bond motifs is 1. The number of allylic oxidation sites excluding steroid dienone is 3. The van der Waals surface area contributed by atoms with Crippen LogP contribution in [0.3, 0.4) is 0 Å². The summed E-state index contributed by atoms with van der Waals surface area (Å²) < 4.78 is 15.1. The van der Waals surface area contributed by atoms with E-state index in [4.69, 9.17) is 0 Å². The Balaban J connectivity index is 1.24. The maximum Gasteiger partial charge on any atom is 0.270 e. The first kappa shape index (κ1) is 25.0. The molecule has 38 heavy (non-hydrogen) atoms. The highest BCUT2D eigenvalue weighted by atomic mass is 19.1. The van der Waals surface area contributed by atoms with E-state index in [-0.39, 0.29) is 47.8 Å². The second-order valence-corrected chi connectivity index (χ2v) is 9.05. The lowest BCUT2D eigenvalue weighted by atomic mass is 9.89. The number of hydrogen-bond donors (Lipinski definition) is 3. The van der Waals surface area contributed by atoms with E-state index in [1.807, 2.05) is 31.2 Å². The number of rotatable bonds is 9. The van der Waals surface area contributed by atoms with Gasteiger partial charge in [-0.3, -0.25) is 9.59 Å². The van der Waals surface area contributed by atoms with Crippen LogP contribution < -0.4 is 10.6 Å². The summed E-state index contributed by atoms with van der Waals surface area (Å²) in [7, 11) is 0. The lowest BCUT2D eigenvalue weighted by Gasteiger charge is -2.21. The van der Waals surface area contributed by atoms with E-state index >= 15 is 0 Å². The van der Waals surface area contributed by atoms with Gasteiger partial charge in [-0.25, -0.2) is 9.37 Å². The molecule has 1 unspecified atom stereocenters. The molecule has 0 radical (unpaired) electrons. The zero-order valence-electron chi connectivity index (χ0n) is 20.8. The molecule has 12 nitrogen and oxygen atoms in total. The number of amides is 1. The second kappa shape index (κ2) is 10.8. The molecule has 3 aromatic heterocycles. The van der Waals surface area contributed by atoms with E-state index in [0.29, 0.717) is 24.4 Å². The van der Waals surface area contributed by atoms with Crippen LogP contribution in [0.25, 0.3) is 17.2 Å². The van der Waals surface area contributed by atoms with Crippen molar-refractivity contribution in [3.63, 3.8) is 0 Å². The standard InChI is InChI=1S/C25H25FN10O2/c1-14-8-19(26)15(2)7-18(14)11-28-24(38)20-9-21(36-25(31-20)29-13-30-36)22(37)12-27-10-16-3-5-17(6-4-16)23-32-34-35-33-23/h3-7,9,13-14,27H,8,10-12H2,1-2H3,(H,28,38)(H,32,33,34,35). The molecule has 1 atom stereocenters. The Bertz CT molecular complexity index is 1540. The third kappa shape index (κ3) is 5.37. The predicted molar refractivity (Wildman–Crippen MR) is 134 cm³/mol. The lowest BCUT2D eigenvalue weighted by molar-refractivity contribution is 0.0951. The lowest BCUT2D eigenvalue weighted by Crippen LogP contribution is -2.30. The normalized spacial score (nSPS) is 15.6. The summed E-state index contributed by atoms with van der Waals surface area (Å²) in [5.74, 6) is -0.252. The van der Waals surface area contributed by atoms with Crippen LogP contribution in [0.4, 0.5) is 4.39 Å². The maximum absolute atomic E-state index is 13.8. The van der Waals surface area contributed by atoms with E-state index in [1.165, 1.54) is 16.9 Å². The molecule has 3 heterocycles. The zero-order valence-corrected chi connectivity index (χ0v) is 20.8. The molecule has 1 aliphatic rings. The van der Waals surface area contributed by atoms with Crippen LogP contribution in [0.5, 0.6) is 0 Å². The van der Waals surface area contributed by atoms with Crippen LogP contribution >= 0.6 is 0 Å². The number of aromatic amines is 1. The average Bonchev–Trinajstić information content (AvgIpc) is 3.62. The highest BCUT2D eigenvalue weighted by molar-refractivity contribution is 6.00. The van der Waals surface area contributed by atoms with Gasteiger partial charge in [0.15, 0.2) is 5.78 Å². The first-order valence-corrected chi connectivity index (χ1v) is 12.0. The summed E-state index contributed by atoms with van der Waals surface area (Å²) in [5, 5.41) is 23.9. The van der Waals surface area contributed by atoms with Gasteiger partial charge in [0, 0.05) is 25.1 Å². The summed E-state index contributed by atoms with van der Waals surface area (Å²) in [6, 6.07) is 8.96. The van der Waals surface area contributed by atoms with E-state index in [1.54, 1.807) is 13.0 Å². The van der Waals surface area contributed by atoms with Crippen molar-refractivity contribution in [3.05, 3.63) is 76.7 Å². The number of ketones is 1. The number of nitrogens with zero attached hydrogens (tertiary/aromatic N) is 7. The minimum atomic E-state index is -0.458. The van der Waals surface area contributed by atoms with Gasteiger partial charge in [0.1, 0.15) is 23.5 Å². The second-order valence-electron chi connectivity index (χ2n) is 9.05. The quantitative estimate of drug-likeness (QED) is 0.284. The van der Waals surface area contributed by atoms with Gasteiger partial charge in [-0.15, -0.1) is 10.2 Å². The van der Waals surface area contributed by atoms with Crippen LogP contribution in [-0.2, 0) is 6.54 Å². The van der Waals surface area contributed by atoms with Crippen molar-refractivity contribution < 1.29 is 14.0 Å². The molecule has 194 valence electrons. The number of carbonyl (C=O) groups is 2. The van der Waals surface area contributed by atoms with Crippen molar-refractivity contribution in [3.8, 4) is 11.4 Å². The fourth-order valence-electron chi connectivity index (χ4n) is 4.15. The van der Waals surface area contributed by atoms with Crippen molar-refractivity contribution in [2.24, 2.45) is 5.92 Å². The minimum absolute atomic E-state index is 0.00814. The molecule has 1 amide bonds. The van der Waals surface area contributed by atoms with Gasteiger partial charge < -0.3 is 10.6 Å². The number of Topliss-reactive ketones (excluding diaryl/α,β-unsaturated/α-hetero) is 1. The monoisotopic (exact) mass is 516 g/mol. The molecule has 1 aromatic carbocycles. The molecule has 1 aliphatic carbocycles. The topological polar surface area (TPSA) is 156 Å². The van der Waals surface area contributed by atoms with Crippen LogP contribution in [-0.4, -0.2) is 65.0 Å². The van der Waals surface area contributed by atoms with Crippen LogP contribution in [0.1, 0.15) is 46.8 Å². The molecular formula is C25H25FN10O2. The van der Waals surface area contributed by atoms with Crippen molar-refractivity contribution in [1.29, 1.82) is 0 Å². The third-order valence-electron chi connectivity index (χ3n) is 6.34. The summed E-state index contributed by atoms with van der Waals surface area (Å²) in [6.45, 7) is 4.32. The third-order valence-corrected chi connectivity index (χ3v) is 6.34. The molecule has 0 saturated heterocycles. The fourth-order valence-corrected chi connectivity index (χ4v) is 4.15. The Morgan fingerprint density at radius 1 is 1.21 bits per heavy atom. The number of aromatic nitrogens is 8. The van der Waals surface area contributed by atoms with Gasteiger partial charge in [0.25, 0.3) is 11.7 Å². The molecule has 13 heteroatoms. The van der Waals surface area contributed by atoms with E-state index in [2.05, 4.69) is 46.3 Å². The number of tetrazole rings is 1. The van der Waals surface area contributed by atoms with Gasteiger partial charge >= 0.3 is 0 Å². The largest absolute Gasteiger partial charge is 0.347 e. The smallest absolute Gasteiger partial charge is 0.270 e. The highest BCUT2D eigenvalue weighted by Gasteiger charge is 2.21. The van der Waals surface area contributed by atoms with E-state index < -0.39 is 5.91 Å². The first-order chi connectivity index (χ1) is 18.4. The van der Waals surface area contributed by atoms with Crippen molar-refractivity contribution in [2.45, 2.75) is 26.8 Å². The maximum atomic E-state index is 13.8. The Labute approximate surface area is 216 Å². The minimum Gasteiger partial charge on any atom is -0.347 e. The number of H-pyrrole nitrogens is 1. The highest BCUT2D eigenvalue weighted by Crippen LogP contribution is 2.29. The molecule has 0 aliphatic heterocycles. The average molecular weight is 517 g/mol. The van der Waals surface area contributed by atoms with Gasteiger partial charge in [-0.2, -0.15) is 19.8 Å². The van der Waals surface area contributed by atoms with Crippen molar-refractivity contribution >= 4 is 17.5 Å². The Kier molecular flexibility index (Phi) is 7.09. The molecule has 0 bridgehead atoms. The van der Waals surface area contributed by atoms with Crippen LogP contribution in [0.15, 0.2) is 59.7 Å². The summed E-state index contributed by atoms with van der Waals surface area (Å²) in [4.78, 5) is 34.3. The molecule has 5 rings (SSSR count). The van der Waals surface area contributed by atoms with Crippen LogP contribution in [0, 0.1) is 5.92 Å². The number of nitrogens with one attached hydrogen (secondary N) is 3. The van der Waals surface area contributed by atoms with Gasteiger partial charge in [-0.05, 0) is 40.8 Å². The molecule has 4 aromatic rings. The predicted octanol–water partition coefficient (Wildman–Crippen LogP) is 2.22. The Morgan fingerprint density at radius 2 is 2.03 bits per heavy atom. The SMILES string of the molecule is CC1=C(F)CC(C)C(CNC(=O)c2cc(C(=O)CNCc3ccc(-c4nn[nH]n4)cc3)n3ncnc3n2)=C1. The first-order valence-electron chi connectivity index (χ1n) is 12.0. The summed E-state index contributed by atoms with van der Waals surface area (Å²) in [5.41, 5.74) is 3.51. The summed E-state index contributed by atoms with van der Waals surface area (Å²) in [6.07, 6.45) is 3.35. The number of hydrogen-bond acceptors (Lipinski definition) is 9. The van der Waals surface area contributed by atoms with Gasteiger partial charge in [0.2, 0.25) is 5.82 Å². The molecule has 0 fully saturated rings. The zero-order chi connectivity index (χ0) is 26.6. The Hall–Kier alpha value is -4.65. The van der Waals surface area contributed by atoms with Crippen molar-refractivity contribution in [1.82, 2.24) is 50.8 Å². The molecular weight excluding hydrogens is 491 g/mol. The van der Waals surface area contributed by atoms with Crippen molar-refractivity contribution in [2.75, 3.05) is 13.1 Å². The number of carbonyl (C=O) groups excluding carboxylic acids is 2. The van der Waals surface area contributed by atoms with E-state index in [9.17, 15) is 14.0 Å². The van der Waals surface area contributed by atoms with E-state index in [0.717, 1.165) is 16.7 Å². The van der Waals surface area contributed by atoms with Gasteiger partial charge in [0.05, 0.1) is 6.54 Å². The number of halogens is 1. The Morgan fingerprint density at radius 3 is 2.79 bits per heavy atom.